The molecule has 0 spiro atoms. The maximum Gasteiger partial charge on any atom is 0.243 e. The SMILES string of the molecule is CCCCC(CN)NC(=O)C1CCC(=O)N1Cc1ccc(C)cc1. The van der Waals surface area contributed by atoms with Gasteiger partial charge in [-0.3, -0.25) is 9.59 Å². The molecule has 5 heteroatoms. The Kier molecular flexibility index (Phi) is 6.79. The zero-order valence-corrected chi connectivity index (χ0v) is 14.8. The summed E-state index contributed by atoms with van der Waals surface area (Å²) in [6, 6.07) is 7.70. The lowest BCUT2D eigenvalue weighted by Gasteiger charge is -2.26. The predicted molar refractivity (Wildman–Crippen MR) is 95.3 cm³/mol. The molecule has 2 amide bonds. The molecule has 1 aromatic carbocycles. The molecule has 0 bridgehead atoms. The molecule has 0 saturated carbocycles. The fraction of sp³-hybridized carbons (Fsp3) is 0.579. The molecular formula is C19H29N3O2. The van der Waals surface area contributed by atoms with Crippen molar-refractivity contribution in [2.75, 3.05) is 6.54 Å². The molecule has 0 aromatic heterocycles. The number of rotatable bonds is 8. The molecule has 132 valence electrons. The van der Waals surface area contributed by atoms with Gasteiger partial charge in [0.25, 0.3) is 0 Å². The molecule has 2 unspecified atom stereocenters. The Morgan fingerprint density at radius 2 is 2.08 bits per heavy atom. The number of carbonyl (C=O) groups excluding carboxylic acids is 2. The Labute approximate surface area is 144 Å². The van der Waals surface area contributed by atoms with Crippen molar-refractivity contribution in [2.24, 2.45) is 5.73 Å². The second-order valence-corrected chi connectivity index (χ2v) is 6.65. The summed E-state index contributed by atoms with van der Waals surface area (Å²) in [6.45, 7) is 5.07. The Morgan fingerprint density at radius 3 is 2.71 bits per heavy atom. The zero-order chi connectivity index (χ0) is 17.5. The Balaban J connectivity index is 2.00. The number of carbonyl (C=O) groups is 2. The van der Waals surface area contributed by atoms with Crippen molar-refractivity contribution in [1.29, 1.82) is 0 Å². The third-order valence-electron chi connectivity index (χ3n) is 4.64. The van der Waals surface area contributed by atoms with E-state index in [0.29, 0.717) is 25.9 Å². The first kappa shape index (κ1) is 18.5. The average Bonchev–Trinajstić information content (AvgIpc) is 2.94. The van der Waals surface area contributed by atoms with Gasteiger partial charge in [-0.15, -0.1) is 0 Å². The first-order valence-electron chi connectivity index (χ1n) is 8.90. The van der Waals surface area contributed by atoms with Gasteiger partial charge in [0.1, 0.15) is 6.04 Å². The minimum absolute atomic E-state index is 0.00521. The van der Waals surface area contributed by atoms with Gasteiger partial charge >= 0.3 is 0 Å². The monoisotopic (exact) mass is 331 g/mol. The van der Waals surface area contributed by atoms with Crippen molar-refractivity contribution in [1.82, 2.24) is 10.2 Å². The normalized spacial score (nSPS) is 18.7. The summed E-state index contributed by atoms with van der Waals surface area (Å²) in [5.74, 6) is -0.0203. The van der Waals surface area contributed by atoms with Crippen LogP contribution in [0.3, 0.4) is 0 Å². The van der Waals surface area contributed by atoms with E-state index in [1.807, 2.05) is 31.2 Å². The summed E-state index contributed by atoms with van der Waals surface area (Å²) in [4.78, 5) is 26.5. The highest BCUT2D eigenvalue weighted by Gasteiger charge is 2.36. The van der Waals surface area contributed by atoms with E-state index in [9.17, 15) is 9.59 Å². The number of hydrogen-bond donors (Lipinski definition) is 2. The third-order valence-corrected chi connectivity index (χ3v) is 4.64. The Morgan fingerprint density at radius 1 is 1.38 bits per heavy atom. The number of aryl methyl sites for hydroxylation is 1. The molecule has 3 N–H and O–H groups in total. The van der Waals surface area contributed by atoms with E-state index in [2.05, 4.69) is 12.2 Å². The number of amides is 2. The molecule has 24 heavy (non-hydrogen) atoms. The minimum Gasteiger partial charge on any atom is -0.350 e. The number of nitrogens with zero attached hydrogens (tertiary/aromatic N) is 1. The summed E-state index contributed by atoms with van der Waals surface area (Å²) in [7, 11) is 0. The van der Waals surface area contributed by atoms with Gasteiger partial charge in [-0.2, -0.15) is 0 Å². The van der Waals surface area contributed by atoms with Crippen LogP contribution in [-0.2, 0) is 16.1 Å². The quantitative estimate of drug-likeness (QED) is 0.766. The van der Waals surface area contributed by atoms with E-state index in [4.69, 9.17) is 5.73 Å². The van der Waals surface area contributed by atoms with E-state index in [0.717, 1.165) is 24.8 Å². The number of nitrogens with two attached hydrogens (primary N) is 1. The number of likely N-dealkylation sites (tertiary alicyclic amines) is 1. The minimum atomic E-state index is -0.380. The van der Waals surface area contributed by atoms with E-state index in [-0.39, 0.29) is 23.9 Å². The lowest BCUT2D eigenvalue weighted by Crippen LogP contribution is -2.49. The second-order valence-electron chi connectivity index (χ2n) is 6.65. The summed E-state index contributed by atoms with van der Waals surface area (Å²) in [6.07, 6.45) is 4.03. The van der Waals surface area contributed by atoms with Crippen LogP contribution in [0.25, 0.3) is 0 Å². The molecule has 5 nitrogen and oxygen atoms in total. The van der Waals surface area contributed by atoms with Crippen molar-refractivity contribution < 1.29 is 9.59 Å². The molecule has 2 atom stereocenters. The highest BCUT2D eigenvalue weighted by molar-refractivity contribution is 5.91. The molecule has 1 saturated heterocycles. The summed E-state index contributed by atoms with van der Waals surface area (Å²) in [5.41, 5.74) is 8.00. The van der Waals surface area contributed by atoms with Crippen LogP contribution in [0, 0.1) is 6.92 Å². The number of nitrogens with one attached hydrogen (secondary N) is 1. The third kappa shape index (κ3) is 4.81. The Bertz CT molecular complexity index is 556. The van der Waals surface area contributed by atoms with Gasteiger partial charge in [0, 0.05) is 25.6 Å². The molecule has 0 aliphatic carbocycles. The van der Waals surface area contributed by atoms with Gasteiger partial charge in [0.2, 0.25) is 11.8 Å². The van der Waals surface area contributed by atoms with Gasteiger partial charge in [-0.1, -0.05) is 49.6 Å². The maximum atomic E-state index is 12.6. The molecule has 1 aliphatic rings. The molecular weight excluding hydrogens is 302 g/mol. The fourth-order valence-corrected chi connectivity index (χ4v) is 3.09. The van der Waals surface area contributed by atoms with Crippen LogP contribution in [0.1, 0.15) is 50.2 Å². The highest BCUT2D eigenvalue weighted by Crippen LogP contribution is 2.22. The van der Waals surface area contributed by atoms with Crippen molar-refractivity contribution in [3.05, 3.63) is 35.4 Å². The standard InChI is InChI=1S/C19H29N3O2/c1-3-4-5-16(12-20)21-19(24)17-10-11-18(23)22(17)13-15-8-6-14(2)7-9-15/h6-9,16-17H,3-5,10-13,20H2,1-2H3,(H,21,24). The molecule has 1 fully saturated rings. The van der Waals surface area contributed by atoms with E-state index in [1.165, 1.54) is 5.56 Å². The van der Waals surface area contributed by atoms with Crippen LogP contribution >= 0.6 is 0 Å². The summed E-state index contributed by atoms with van der Waals surface area (Å²) >= 11 is 0. The van der Waals surface area contributed by atoms with Gasteiger partial charge in [-0.05, 0) is 25.3 Å². The van der Waals surface area contributed by atoms with Crippen LogP contribution < -0.4 is 11.1 Å². The first-order valence-corrected chi connectivity index (χ1v) is 8.90. The zero-order valence-electron chi connectivity index (χ0n) is 14.8. The molecule has 0 radical (unpaired) electrons. The van der Waals surface area contributed by atoms with Gasteiger partial charge in [0.05, 0.1) is 0 Å². The smallest absolute Gasteiger partial charge is 0.243 e. The van der Waals surface area contributed by atoms with Gasteiger partial charge < -0.3 is 16.0 Å². The van der Waals surface area contributed by atoms with Crippen LogP contribution in [0.4, 0.5) is 0 Å². The van der Waals surface area contributed by atoms with Gasteiger partial charge in [0.15, 0.2) is 0 Å². The summed E-state index contributed by atoms with van der Waals surface area (Å²) < 4.78 is 0. The average molecular weight is 331 g/mol. The first-order chi connectivity index (χ1) is 11.5. The van der Waals surface area contributed by atoms with Crippen LogP contribution in [-0.4, -0.2) is 35.3 Å². The molecule has 2 rings (SSSR count). The number of unbranched alkanes of at least 4 members (excludes halogenated alkanes) is 1. The van der Waals surface area contributed by atoms with E-state index in [1.54, 1.807) is 4.90 Å². The highest BCUT2D eigenvalue weighted by atomic mass is 16.2. The van der Waals surface area contributed by atoms with Crippen molar-refractivity contribution in [3.63, 3.8) is 0 Å². The van der Waals surface area contributed by atoms with Crippen LogP contribution in [0.15, 0.2) is 24.3 Å². The van der Waals surface area contributed by atoms with Gasteiger partial charge in [-0.25, -0.2) is 0 Å². The molecule has 1 aliphatic heterocycles. The Hall–Kier alpha value is -1.88. The molecule has 1 aromatic rings. The molecule has 1 heterocycles. The number of benzene rings is 1. The van der Waals surface area contributed by atoms with Crippen LogP contribution in [0.2, 0.25) is 0 Å². The largest absolute Gasteiger partial charge is 0.350 e. The van der Waals surface area contributed by atoms with Crippen LogP contribution in [0.5, 0.6) is 0 Å². The maximum absolute atomic E-state index is 12.6. The lowest BCUT2D eigenvalue weighted by molar-refractivity contribution is -0.136. The van der Waals surface area contributed by atoms with Crippen molar-refractivity contribution >= 4 is 11.8 Å². The lowest BCUT2D eigenvalue weighted by atomic mass is 10.1. The second kappa shape index (κ2) is 8.83. The van der Waals surface area contributed by atoms with E-state index >= 15 is 0 Å². The number of hydrogen-bond acceptors (Lipinski definition) is 3. The van der Waals surface area contributed by atoms with Crippen molar-refractivity contribution in [3.8, 4) is 0 Å². The van der Waals surface area contributed by atoms with Crippen molar-refractivity contribution in [2.45, 2.75) is 64.6 Å². The summed E-state index contributed by atoms with van der Waals surface area (Å²) in [5, 5.41) is 3.03. The fourth-order valence-electron chi connectivity index (χ4n) is 3.09. The topological polar surface area (TPSA) is 75.4 Å². The predicted octanol–water partition coefficient (Wildman–Crippen LogP) is 2.12. The van der Waals surface area contributed by atoms with E-state index < -0.39 is 0 Å².